The monoisotopic (exact) mass is 317 g/mol. The summed E-state index contributed by atoms with van der Waals surface area (Å²) in [5.74, 6) is 1.09. The van der Waals surface area contributed by atoms with E-state index < -0.39 is 0 Å². The van der Waals surface area contributed by atoms with Gasteiger partial charge < -0.3 is 9.64 Å². The minimum atomic E-state index is -0.197. The number of nitrogens with zero attached hydrogens (tertiary/aromatic N) is 5. The first kappa shape index (κ1) is 15.7. The van der Waals surface area contributed by atoms with Crippen molar-refractivity contribution in [3.63, 3.8) is 0 Å². The zero-order chi connectivity index (χ0) is 16.2. The molecule has 23 heavy (non-hydrogen) atoms. The zero-order valence-electron chi connectivity index (χ0n) is 13.7. The van der Waals surface area contributed by atoms with Crippen LogP contribution in [0.2, 0.25) is 0 Å². The quantitative estimate of drug-likeness (QED) is 0.858. The standard InChI is InChI=1S/C16H23N5O2/c1-13(2)12-23-16(22)20-8-6-19(7-9-20)11-14-10-18-15-17-4-3-5-21(14)15/h3-5,10,13H,6-9,11-12H2,1-2H3. The van der Waals surface area contributed by atoms with Gasteiger partial charge in [-0.2, -0.15) is 0 Å². The van der Waals surface area contributed by atoms with E-state index in [4.69, 9.17) is 4.74 Å². The van der Waals surface area contributed by atoms with Gasteiger partial charge in [0.2, 0.25) is 5.78 Å². The molecule has 124 valence electrons. The molecule has 1 aliphatic heterocycles. The van der Waals surface area contributed by atoms with Crippen molar-refractivity contribution in [3.05, 3.63) is 30.4 Å². The molecular formula is C16H23N5O2. The molecule has 2 aromatic heterocycles. The summed E-state index contributed by atoms with van der Waals surface area (Å²) in [6, 6.07) is 1.90. The summed E-state index contributed by atoms with van der Waals surface area (Å²) in [4.78, 5) is 24.6. The minimum Gasteiger partial charge on any atom is -0.449 e. The van der Waals surface area contributed by atoms with E-state index in [-0.39, 0.29) is 6.09 Å². The summed E-state index contributed by atoms with van der Waals surface area (Å²) in [6.07, 6.45) is 5.39. The van der Waals surface area contributed by atoms with E-state index in [1.807, 2.05) is 36.7 Å². The number of piperazine rings is 1. The van der Waals surface area contributed by atoms with Crippen LogP contribution in [-0.4, -0.2) is 63.0 Å². The molecule has 0 N–H and O–H groups in total. The molecule has 0 unspecified atom stereocenters. The van der Waals surface area contributed by atoms with E-state index in [0.717, 1.165) is 31.1 Å². The summed E-state index contributed by atoms with van der Waals surface area (Å²) in [5.41, 5.74) is 1.11. The van der Waals surface area contributed by atoms with Crippen molar-refractivity contribution in [3.8, 4) is 0 Å². The Bertz CT molecular complexity index is 661. The highest BCUT2D eigenvalue weighted by molar-refractivity contribution is 5.67. The first-order chi connectivity index (χ1) is 11.1. The van der Waals surface area contributed by atoms with Gasteiger partial charge in [0, 0.05) is 45.1 Å². The SMILES string of the molecule is CC(C)COC(=O)N1CCN(Cc2cnc3ncccn23)CC1. The van der Waals surface area contributed by atoms with Gasteiger partial charge in [-0.25, -0.2) is 14.8 Å². The number of imidazole rings is 1. The number of rotatable bonds is 4. The largest absolute Gasteiger partial charge is 0.449 e. The Morgan fingerprint density at radius 3 is 2.78 bits per heavy atom. The highest BCUT2D eigenvalue weighted by Crippen LogP contribution is 2.11. The van der Waals surface area contributed by atoms with Gasteiger partial charge in [0.05, 0.1) is 18.5 Å². The fraction of sp³-hybridized carbons (Fsp3) is 0.562. The highest BCUT2D eigenvalue weighted by Gasteiger charge is 2.23. The van der Waals surface area contributed by atoms with E-state index in [1.54, 1.807) is 11.1 Å². The molecular weight excluding hydrogens is 294 g/mol. The predicted molar refractivity (Wildman–Crippen MR) is 86.0 cm³/mol. The van der Waals surface area contributed by atoms with Crippen LogP contribution in [0.4, 0.5) is 4.79 Å². The first-order valence-corrected chi connectivity index (χ1v) is 8.04. The van der Waals surface area contributed by atoms with E-state index in [2.05, 4.69) is 14.9 Å². The van der Waals surface area contributed by atoms with E-state index >= 15 is 0 Å². The lowest BCUT2D eigenvalue weighted by atomic mass is 10.2. The molecule has 0 radical (unpaired) electrons. The van der Waals surface area contributed by atoms with Crippen LogP contribution in [0.25, 0.3) is 5.78 Å². The predicted octanol–water partition coefficient (Wildman–Crippen LogP) is 1.64. The third-order valence-electron chi connectivity index (χ3n) is 3.92. The molecule has 2 aromatic rings. The van der Waals surface area contributed by atoms with Crippen molar-refractivity contribution in [1.82, 2.24) is 24.2 Å². The molecule has 1 fully saturated rings. The van der Waals surface area contributed by atoms with Gasteiger partial charge in [-0.1, -0.05) is 13.8 Å². The van der Waals surface area contributed by atoms with E-state index in [0.29, 0.717) is 25.6 Å². The topological polar surface area (TPSA) is 63.0 Å². The number of carbonyl (C=O) groups is 1. The van der Waals surface area contributed by atoms with Gasteiger partial charge in [-0.05, 0) is 12.0 Å². The van der Waals surface area contributed by atoms with Crippen LogP contribution >= 0.6 is 0 Å². The van der Waals surface area contributed by atoms with Crippen molar-refractivity contribution in [2.45, 2.75) is 20.4 Å². The second kappa shape index (κ2) is 6.95. The van der Waals surface area contributed by atoms with E-state index in [1.165, 1.54) is 0 Å². The van der Waals surface area contributed by atoms with Gasteiger partial charge in [0.1, 0.15) is 0 Å². The van der Waals surface area contributed by atoms with Crippen molar-refractivity contribution in [2.24, 2.45) is 5.92 Å². The molecule has 3 heterocycles. The Morgan fingerprint density at radius 1 is 1.26 bits per heavy atom. The lowest BCUT2D eigenvalue weighted by molar-refractivity contribution is 0.0673. The maximum absolute atomic E-state index is 12.0. The average molecular weight is 317 g/mol. The Hall–Kier alpha value is -2.15. The molecule has 0 aliphatic carbocycles. The summed E-state index contributed by atoms with van der Waals surface area (Å²) < 4.78 is 7.29. The van der Waals surface area contributed by atoms with Crippen LogP contribution in [-0.2, 0) is 11.3 Å². The number of hydrogen-bond donors (Lipinski definition) is 0. The number of carbonyl (C=O) groups excluding carboxylic acids is 1. The molecule has 1 saturated heterocycles. The maximum Gasteiger partial charge on any atom is 0.409 e. The summed E-state index contributed by atoms with van der Waals surface area (Å²) >= 11 is 0. The fourth-order valence-electron chi connectivity index (χ4n) is 2.64. The zero-order valence-corrected chi connectivity index (χ0v) is 13.7. The third-order valence-corrected chi connectivity index (χ3v) is 3.92. The van der Waals surface area contributed by atoms with E-state index in [9.17, 15) is 4.79 Å². The Kier molecular flexibility index (Phi) is 4.76. The molecule has 1 amide bonds. The van der Waals surface area contributed by atoms with Gasteiger partial charge in [0.15, 0.2) is 0 Å². The lowest BCUT2D eigenvalue weighted by Crippen LogP contribution is -2.48. The van der Waals surface area contributed by atoms with Crippen molar-refractivity contribution >= 4 is 11.9 Å². The summed E-state index contributed by atoms with van der Waals surface area (Å²) in [5, 5.41) is 0. The molecule has 0 spiro atoms. The van der Waals surface area contributed by atoms with Crippen LogP contribution in [0.3, 0.4) is 0 Å². The fourth-order valence-corrected chi connectivity index (χ4v) is 2.64. The van der Waals surface area contributed by atoms with Gasteiger partial charge in [-0.15, -0.1) is 0 Å². The number of hydrogen-bond acceptors (Lipinski definition) is 5. The molecule has 7 heteroatoms. The number of fused-ring (bicyclic) bond motifs is 1. The molecule has 0 saturated carbocycles. The number of aromatic nitrogens is 3. The number of ether oxygens (including phenoxy) is 1. The first-order valence-electron chi connectivity index (χ1n) is 8.04. The third kappa shape index (κ3) is 3.79. The van der Waals surface area contributed by atoms with Gasteiger partial charge >= 0.3 is 6.09 Å². The van der Waals surface area contributed by atoms with Crippen LogP contribution in [0, 0.1) is 5.92 Å². The van der Waals surface area contributed by atoms with Crippen LogP contribution in [0.15, 0.2) is 24.7 Å². The molecule has 0 atom stereocenters. The Balaban J connectivity index is 1.52. The average Bonchev–Trinajstić information content (AvgIpc) is 2.96. The molecule has 0 aromatic carbocycles. The summed E-state index contributed by atoms with van der Waals surface area (Å²) in [7, 11) is 0. The van der Waals surface area contributed by atoms with Crippen molar-refractivity contribution in [2.75, 3.05) is 32.8 Å². The smallest absolute Gasteiger partial charge is 0.409 e. The summed E-state index contributed by atoms with van der Waals surface area (Å²) in [6.45, 7) is 8.44. The molecule has 7 nitrogen and oxygen atoms in total. The molecule has 3 rings (SSSR count). The highest BCUT2D eigenvalue weighted by atomic mass is 16.6. The van der Waals surface area contributed by atoms with Crippen molar-refractivity contribution < 1.29 is 9.53 Å². The Labute approximate surface area is 135 Å². The van der Waals surface area contributed by atoms with Crippen LogP contribution in [0.5, 0.6) is 0 Å². The molecule has 1 aliphatic rings. The van der Waals surface area contributed by atoms with Gasteiger partial charge in [-0.3, -0.25) is 9.30 Å². The normalized spacial score (nSPS) is 16.2. The lowest BCUT2D eigenvalue weighted by Gasteiger charge is -2.34. The number of amides is 1. The molecule has 0 bridgehead atoms. The van der Waals surface area contributed by atoms with Crippen LogP contribution < -0.4 is 0 Å². The second-order valence-corrected chi connectivity index (χ2v) is 6.27. The Morgan fingerprint density at radius 2 is 2.04 bits per heavy atom. The maximum atomic E-state index is 12.0. The van der Waals surface area contributed by atoms with Gasteiger partial charge in [0.25, 0.3) is 0 Å². The minimum absolute atomic E-state index is 0.197. The second-order valence-electron chi connectivity index (χ2n) is 6.27. The van der Waals surface area contributed by atoms with Crippen molar-refractivity contribution in [1.29, 1.82) is 0 Å². The van der Waals surface area contributed by atoms with Crippen LogP contribution in [0.1, 0.15) is 19.5 Å².